The fraction of sp³-hybridized carbons (Fsp3) is 0.318. The summed E-state index contributed by atoms with van der Waals surface area (Å²) in [5, 5.41) is 5.27. The average molecular weight is 364 g/mol. The largest absolute Gasteiger partial charge is 0.456 e. The van der Waals surface area contributed by atoms with Gasteiger partial charge in [0.05, 0.1) is 5.39 Å². The molecule has 0 fully saturated rings. The van der Waals surface area contributed by atoms with Crippen LogP contribution in [0, 0.1) is 0 Å². The lowest BCUT2D eigenvalue weighted by Crippen LogP contribution is -2.26. The zero-order valence-electron chi connectivity index (χ0n) is 15.9. The van der Waals surface area contributed by atoms with Crippen LogP contribution in [-0.2, 0) is 17.9 Å². The highest BCUT2D eigenvalue weighted by Crippen LogP contribution is 2.17. The molecule has 0 atom stereocenters. The van der Waals surface area contributed by atoms with Gasteiger partial charge in [-0.05, 0) is 29.5 Å². The number of ether oxygens (including phenoxy) is 1. The van der Waals surface area contributed by atoms with Crippen molar-refractivity contribution >= 4 is 16.7 Å². The molecule has 0 spiro atoms. The molecule has 0 unspecified atom stereocenters. The minimum Gasteiger partial charge on any atom is -0.456 e. The minimum atomic E-state index is -0.524. The molecule has 0 radical (unpaired) electrons. The summed E-state index contributed by atoms with van der Waals surface area (Å²) in [4.78, 5) is 25.2. The molecular weight excluding hydrogens is 340 g/mol. The van der Waals surface area contributed by atoms with E-state index in [9.17, 15) is 9.59 Å². The van der Waals surface area contributed by atoms with E-state index in [0.29, 0.717) is 23.2 Å². The summed E-state index contributed by atoms with van der Waals surface area (Å²) in [6.07, 6.45) is 0.752. The van der Waals surface area contributed by atoms with Crippen LogP contribution in [0.2, 0.25) is 0 Å². The van der Waals surface area contributed by atoms with Gasteiger partial charge in [-0.1, -0.05) is 63.2 Å². The number of nitrogens with zero attached hydrogens (tertiary/aromatic N) is 2. The van der Waals surface area contributed by atoms with Crippen LogP contribution in [0.5, 0.6) is 0 Å². The molecule has 0 aliphatic heterocycles. The Labute approximate surface area is 158 Å². The summed E-state index contributed by atoms with van der Waals surface area (Å²) in [6, 6.07) is 15.0. The highest BCUT2D eigenvalue weighted by molar-refractivity contribution is 6.02. The third kappa shape index (κ3) is 4.08. The van der Waals surface area contributed by atoms with Gasteiger partial charge in [0, 0.05) is 11.9 Å². The molecule has 0 amide bonds. The Hall–Kier alpha value is -2.95. The van der Waals surface area contributed by atoms with E-state index in [1.807, 2.05) is 31.2 Å². The third-order valence-electron chi connectivity index (χ3n) is 4.51. The van der Waals surface area contributed by atoms with E-state index in [-0.39, 0.29) is 17.9 Å². The second kappa shape index (κ2) is 8.16. The van der Waals surface area contributed by atoms with Crippen molar-refractivity contribution in [2.24, 2.45) is 0 Å². The number of aryl methyl sites for hydroxylation is 1. The van der Waals surface area contributed by atoms with Crippen LogP contribution in [0.4, 0.5) is 0 Å². The standard InChI is InChI=1S/C22H24N2O3/c1-4-13-24-21(25)19-8-6-5-7-18(19)20(23-24)22(26)27-14-16-9-11-17(12-10-16)15(2)3/h5-12,15H,4,13-14H2,1-3H3. The van der Waals surface area contributed by atoms with Gasteiger partial charge in [0.15, 0.2) is 5.69 Å². The van der Waals surface area contributed by atoms with Gasteiger partial charge in [-0.2, -0.15) is 5.10 Å². The van der Waals surface area contributed by atoms with Gasteiger partial charge >= 0.3 is 5.97 Å². The van der Waals surface area contributed by atoms with Crippen molar-refractivity contribution in [3.8, 4) is 0 Å². The Kier molecular flexibility index (Phi) is 5.69. The van der Waals surface area contributed by atoms with Crippen molar-refractivity contribution in [3.05, 3.63) is 75.7 Å². The van der Waals surface area contributed by atoms with Crippen molar-refractivity contribution < 1.29 is 9.53 Å². The van der Waals surface area contributed by atoms with E-state index in [4.69, 9.17) is 4.74 Å². The van der Waals surface area contributed by atoms with Gasteiger partial charge in [0.1, 0.15) is 6.61 Å². The van der Waals surface area contributed by atoms with Crippen molar-refractivity contribution in [3.63, 3.8) is 0 Å². The number of fused-ring (bicyclic) bond motifs is 1. The van der Waals surface area contributed by atoms with Gasteiger partial charge in [-0.25, -0.2) is 9.48 Å². The molecule has 27 heavy (non-hydrogen) atoms. The number of carbonyl (C=O) groups excluding carboxylic acids is 1. The maximum atomic E-state index is 12.7. The second-order valence-corrected chi connectivity index (χ2v) is 6.89. The Balaban J connectivity index is 1.86. The van der Waals surface area contributed by atoms with Crippen molar-refractivity contribution in [1.82, 2.24) is 9.78 Å². The first-order valence-electron chi connectivity index (χ1n) is 9.27. The van der Waals surface area contributed by atoms with Crippen molar-refractivity contribution in [2.45, 2.75) is 46.3 Å². The lowest BCUT2D eigenvalue weighted by Gasteiger charge is -2.11. The lowest BCUT2D eigenvalue weighted by atomic mass is 10.0. The van der Waals surface area contributed by atoms with Gasteiger partial charge in [0.25, 0.3) is 5.56 Å². The predicted octanol–water partition coefficient (Wildman–Crippen LogP) is 4.29. The fourth-order valence-corrected chi connectivity index (χ4v) is 2.97. The van der Waals surface area contributed by atoms with Crippen LogP contribution < -0.4 is 5.56 Å². The third-order valence-corrected chi connectivity index (χ3v) is 4.51. The maximum absolute atomic E-state index is 12.7. The first-order valence-corrected chi connectivity index (χ1v) is 9.27. The quantitative estimate of drug-likeness (QED) is 0.612. The number of esters is 1. The van der Waals surface area contributed by atoms with E-state index in [1.54, 1.807) is 24.3 Å². The Bertz CT molecular complexity index is 1000. The van der Waals surface area contributed by atoms with Gasteiger partial charge in [-0.3, -0.25) is 4.79 Å². The molecule has 0 N–H and O–H groups in total. The van der Waals surface area contributed by atoms with Crippen LogP contribution >= 0.6 is 0 Å². The Morgan fingerprint density at radius 2 is 1.74 bits per heavy atom. The van der Waals surface area contributed by atoms with E-state index < -0.39 is 5.97 Å². The number of aromatic nitrogens is 2. The molecule has 5 nitrogen and oxygen atoms in total. The number of hydrogen-bond donors (Lipinski definition) is 0. The van der Waals surface area contributed by atoms with E-state index >= 15 is 0 Å². The molecule has 2 aromatic carbocycles. The van der Waals surface area contributed by atoms with E-state index in [2.05, 4.69) is 18.9 Å². The average Bonchev–Trinajstić information content (AvgIpc) is 2.68. The number of carbonyl (C=O) groups is 1. The monoisotopic (exact) mass is 364 g/mol. The lowest BCUT2D eigenvalue weighted by molar-refractivity contribution is 0.0465. The number of hydrogen-bond acceptors (Lipinski definition) is 4. The highest BCUT2D eigenvalue weighted by atomic mass is 16.5. The topological polar surface area (TPSA) is 61.2 Å². The molecular formula is C22H24N2O3. The molecule has 1 aromatic heterocycles. The molecule has 0 saturated carbocycles. The first-order chi connectivity index (χ1) is 13.0. The summed E-state index contributed by atoms with van der Waals surface area (Å²) < 4.78 is 6.82. The van der Waals surface area contributed by atoms with Crippen molar-refractivity contribution in [2.75, 3.05) is 0 Å². The molecule has 3 aromatic rings. The van der Waals surface area contributed by atoms with E-state index in [0.717, 1.165) is 12.0 Å². The molecule has 1 heterocycles. The van der Waals surface area contributed by atoms with Crippen LogP contribution in [0.15, 0.2) is 53.3 Å². The molecule has 0 saturated heterocycles. The van der Waals surface area contributed by atoms with Crippen LogP contribution in [0.1, 0.15) is 54.7 Å². The molecule has 5 heteroatoms. The molecule has 0 aliphatic carbocycles. The van der Waals surface area contributed by atoms with Crippen molar-refractivity contribution in [1.29, 1.82) is 0 Å². The van der Waals surface area contributed by atoms with Gasteiger partial charge < -0.3 is 4.74 Å². The SMILES string of the molecule is CCCn1nc(C(=O)OCc2ccc(C(C)C)cc2)c2ccccc2c1=O. The molecule has 3 rings (SSSR count). The molecule has 140 valence electrons. The minimum absolute atomic E-state index is 0.167. The van der Waals surface area contributed by atoms with Crippen LogP contribution in [0.3, 0.4) is 0 Å². The van der Waals surface area contributed by atoms with E-state index in [1.165, 1.54) is 10.2 Å². The Morgan fingerprint density at radius 1 is 1.07 bits per heavy atom. The smallest absolute Gasteiger partial charge is 0.359 e. The molecule has 0 aliphatic rings. The summed E-state index contributed by atoms with van der Waals surface area (Å²) in [7, 11) is 0. The Morgan fingerprint density at radius 3 is 2.37 bits per heavy atom. The summed E-state index contributed by atoms with van der Waals surface area (Å²) in [5.74, 6) is -0.0687. The number of benzene rings is 2. The predicted molar refractivity (Wildman–Crippen MR) is 106 cm³/mol. The summed E-state index contributed by atoms with van der Waals surface area (Å²) >= 11 is 0. The summed E-state index contributed by atoms with van der Waals surface area (Å²) in [5.41, 5.74) is 2.15. The molecule has 0 bridgehead atoms. The fourth-order valence-electron chi connectivity index (χ4n) is 2.97. The first kappa shape index (κ1) is 18.8. The zero-order chi connectivity index (χ0) is 19.4. The number of rotatable bonds is 6. The zero-order valence-corrected chi connectivity index (χ0v) is 15.9. The van der Waals surface area contributed by atoms with Gasteiger partial charge in [0.2, 0.25) is 0 Å². The second-order valence-electron chi connectivity index (χ2n) is 6.89. The van der Waals surface area contributed by atoms with Crippen LogP contribution in [-0.4, -0.2) is 15.7 Å². The summed E-state index contributed by atoms with van der Waals surface area (Å²) in [6.45, 7) is 6.86. The highest BCUT2D eigenvalue weighted by Gasteiger charge is 2.17. The van der Waals surface area contributed by atoms with Gasteiger partial charge in [-0.15, -0.1) is 0 Å². The normalized spacial score (nSPS) is 11.1. The maximum Gasteiger partial charge on any atom is 0.359 e. The van der Waals surface area contributed by atoms with Crippen LogP contribution in [0.25, 0.3) is 10.8 Å².